The number of amidine groups is 1. The van der Waals surface area contributed by atoms with Gasteiger partial charge in [-0.15, -0.1) is 0 Å². The Hall–Kier alpha value is -3.74. The molecule has 4 aromatic rings. The molecule has 0 aromatic heterocycles. The van der Waals surface area contributed by atoms with E-state index in [4.69, 9.17) is 21.1 Å². The van der Waals surface area contributed by atoms with Crippen LogP contribution in [0.15, 0.2) is 94.8 Å². The first-order valence-corrected chi connectivity index (χ1v) is 12.1. The smallest absolute Gasteiger partial charge is 0.264 e. The summed E-state index contributed by atoms with van der Waals surface area (Å²) in [4.78, 5) is 17.7. The first kappa shape index (κ1) is 23.0. The summed E-state index contributed by atoms with van der Waals surface area (Å²) in [5.41, 5.74) is 2.49. The van der Waals surface area contributed by atoms with Crippen molar-refractivity contribution in [2.24, 2.45) is 4.99 Å². The number of carbonyl (C=O) groups is 1. The van der Waals surface area contributed by atoms with Crippen LogP contribution in [0.4, 0.5) is 5.69 Å². The molecule has 1 aliphatic heterocycles. The number of fused-ring (bicyclic) bond motifs is 1. The molecule has 1 saturated heterocycles. The number of methoxy groups -OCH3 is 1. The monoisotopic (exact) mass is 500 g/mol. The third-order valence-electron chi connectivity index (χ3n) is 5.44. The second-order valence-electron chi connectivity index (χ2n) is 7.80. The van der Waals surface area contributed by atoms with Crippen LogP contribution in [0.3, 0.4) is 0 Å². The fourth-order valence-electron chi connectivity index (χ4n) is 3.66. The van der Waals surface area contributed by atoms with Crippen LogP contribution in [0.5, 0.6) is 11.5 Å². The largest absolute Gasteiger partial charge is 0.493 e. The van der Waals surface area contributed by atoms with Crippen LogP contribution in [-0.4, -0.2) is 18.2 Å². The van der Waals surface area contributed by atoms with Crippen molar-refractivity contribution in [3.8, 4) is 11.5 Å². The molecule has 4 aromatic carbocycles. The molecule has 0 atom stereocenters. The van der Waals surface area contributed by atoms with Gasteiger partial charge in [-0.3, -0.25) is 4.79 Å². The average Bonchev–Trinajstić information content (AvgIpc) is 3.22. The molecule has 1 N–H and O–H groups in total. The van der Waals surface area contributed by atoms with Crippen molar-refractivity contribution in [1.82, 2.24) is 5.32 Å². The summed E-state index contributed by atoms with van der Waals surface area (Å²) in [7, 11) is 1.58. The maximum atomic E-state index is 12.6. The highest BCUT2D eigenvalue weighted by atomic mass is 35.5. The van der Waals surface area contributed by atoms with Crippen molar-refractivity contribution >= 4 is 57.0 Å². The standard InChI is InChI=1S/C28H21ClN2O3S/c1-33-25-14-18(10-13-24(25)34-17-21-8-4-5-9-23(21)29)15-26-27(32)31-28(35-26)30-22-12-11-19-6-2-3-7-20(19)16-22/h2-16H,17H2,1H3,(H,30,31,32)/b26-15-. The van der Waals surface area contributed by atoms with Crippen LogP contribution in [-0.2, 0) is 11.4 Å². The van der Waals surface area contributed by atoms with Crippen molar-refractivity contribution in [1.29, 1.82) is 0 Å². The van der Waals surface area contributed by atoms with E-state index in [1.807, 2.05) is 84.9 Å². The predicted molar refractivity (Wildman–Crippen MR) is 144 cm³/mol. The zero-order valence-corrected chi connectivity index (χ0v) is 20.4. The van der Waals surface area contributed by atoms with E-state index in [1.54, 1.807) is 7.11 Å². The molecule has 0 saturated carbocycles. The van der Waals surface area contributed by atoms with Crippen molar-refractivity contribution < 1.29 is 14.3 Å². The Morgan fingerprint density at radius 3 is 2.57 bits per heavy atom. The minimum absolute atomic E-state index is 0.187. The van der Waals surface area contributed by atoms with E-state index >= 15 is 0 Å². The highest BCUT2D eigenvalue weighted by Crippen LogP contribution is 2.33. The Morgan fingerprint density at radius 2 is 1.74 bits per heavy atom. The van der Waals surface area contributed by atoms with E-state index in [0.717, 1.165) is 27.6 Å². The Balaban J connectivity index is 1.32. The SMILES string of the molecule is COc1cc(/C=C2\SC(=Nc3ccc4ccccc4c3)NC2=O)ccc1OCc1ccccc1Cl. The highest BCUT2D eigenvalue weighted by Gasteiger charge is 2.24. The van der Waals surface area contributed by atoms with E-state index < -0.39 is 0 Å². The Bertz CT molecular complexity index is 1480. The topological polar surface area (TPSA) is 59.9 Å². The molecule has 1 fully saturated rings. The van der Waals surface area contributed by atoms with Gasteiger partial charge in [0.05, 0.1) is 17.7 Å². The fraction of sp³-hybridized carbons (Fsp3) is 0.0714. The van der Waals surface area contributed by atoms with Crippen molar-refractivity contribution in [2.45, 2.75) is 6.61 Å². The van der Waals surface area contributed by atoms with Gasteiger partial charge in [0.25, 0.3) is 5.91 Å². The molecule has 1 heterocycles. The van der Waals surface area contributed by atoms with Gasteiger partial charge in [-0.1, -0.05) is 66.2 Å². The van der Waals surface area contributed by atoms with Crippen molar-refractivity contribution in [3.63, 3.8) is 0 Å². The van der Waals surface area contributed by atoms with E-state index in [-0.39, 0.29) is 5.91 Å². The summed E-state index contributed by atoms with van der Waals surface area (Å²) in [5.74, 6) is 0.976. The van der Waals surface area contributed by atoms with E-state index in [9.17, 15) is 4.79 Å². The van der Waals surface area contributed by atoms with Crippen LogP contribution >= 0.6 is 23.4 Å². The minimum Gasteiger partial charge on any atom is -0.493 e. The van der Waals surface area contributed by atoms with Gasteiger partial charge in [-0.25, -0.2) is 4.99 Å². The number of hydrogen-bond acceptors (Lipinski definition) is 5. The van der Waals surface area contributed by atoms with Gasteiger partial charge in [-0.2, -0.15) is 0 Å². The maximum Gasteiger partial charge on any atom is 0.264 e. The van der Waals surface area contributed by atoms with Crippen LogP contribution in [0.25, 0.3) is 16.8 Å². The zero-order chi connectivity index (χ0) is 24.2. The summed E-state index contributed by atoms with van der Waals surface area (Å²) >= 11 is 7.52. The van der Waals surface area contributed by atoms with E-state index in [1.165, 1.54) is 11.8 Å². The first-order valence-electron chi connectivity index (χ1n) is 10.9. The Labute approximate surface area is 212 Å². The van der Waals surface area contributed by atoms with Gasteiger partial charge in [0.2, 0.25) is 0 Å². The second kappa shape index (κ2) is 10.3. The van der Waals surface area contributed by atoms with Crippen LogP contribution in [0.2, 0.25) is 5.02 Å². The number of nitrogens with one attached hydrogen (secondary N) is 1. The average molecular weight is 501 g/mol. The predicted octanol–water partition coefficient (Wildman–Crippen LogP) is 6.97. The molecule has 5 nitrogen and oxygen atoms in total. The third-order valence-corrected chi connectivity index (χ3v) is 6.72. The van der Waals surface area contributed by atoms with Gasteiger partial charge in [0.1, 0.15) is 6.61 Å². The van der Waals surface area contributed by atoms with Gasteiger partial charge in [-0.05, 0) is 64.5 Å². The maximum absolute atomic E-state index is 12.6. The van der Waals surface area contributed by atoms with Crippen LogP contribution in [0, 0.1) is 0 Å². The quantitative estimate of drug-likeness (QED) is 0.290. The summed E-state index contributed by atoms with van der Waals surface area (Å²) < 4.78 is 11.4. The molecule has 0 unspecified atom stereocenters. The lowest BCUT2D eigenvalue weighted by atomic mass is 10.1. The lowest BCUT2D eigenvalue weighted by Gasteiger charge is -2.12. The zero-order valence-electron chi connectivity index (χ0n) is 18.8. The fourth-order valence-corrected chi connectivity index (χ4v) is 4.69. The summed E-state index contributed by atoms with van der Waals surface area (Å²) in [6, 6.07) is 27.1. The number of amides is 1. The van der Waals surface area contributed by atoms with Crippen LogP contribution in [0.1, 0.15) is 11.1 Å². The number of halogens is 1. The Morgan fingerprint density at radius 1 is 0.943 bits per heavy atom. The second-order valence-corrected chi connectivity index (χ2v) is 9.24. The van der Waals surface area contributed by atoms with Gasteiger partial charge in [0.15, 0.2) is 16.7 Å². The number of rotatable bonds is 6. The number of carbonyl (C=O) groups excluding carboxylic acids is 1. The minimum atomic E-state index is -0.187. The number of thioether (sulfide) groups is 1. The summed E-state index contributed by atoms with van der Waals surface area (Å²) in [5, 5.41) is 6.28. The molecule has 0 radical (unpaired) electrons. The molecule has 5 rings (SSSR count). The number of benzene rings is 4. The lowest BCUT2D eigenvalue weighted by Crippen LogP contribution is -2.19. The molecule has 1 aliphatic rings. The molecule has 174 valence electrons. The molecular formula is C28H21ClN2O3S. The lowest BCUT2D eigenvalue weighted by molar-refractivity contribution is -0.115. The van der Waals surface area contributed by atoms with Gasteiger partial charge >= 0.3 is 0 Å². The first-order chi connectivity index (χ1) is 17.1. The molecule has 0 bridgehead atoms. The molecule has 35 heavy (non-hydrogen) atoms. The van der Waals surface area contributed by atoms with E-state index in [0.29, 0.717) is 33.2 Å². The molecule has 0 aliphatic carbocycles. The van der Waals surface area contributed by atoms with Crippen molar-refractivity contribution in [3.05, 3.63) is 106 Å². The highest BCUT2D eigenvalue weighted by molar-refractivity contribution is 8.18. The summed E-state index contributed by atoms with van der Waals surface area (Å²) in [6.45, 7) is 0.323. The summed E-state index contributed by atoms with van der Waals surface area (Å²) in [6.07, 6.45) is 1.81. The molecule has 1 amide bonds. The third kappa shape index (κ3) is 5.34. The Kier molecular flexibility index (Phi) is 6.75. The van der Waals surface area contributed by atoms with E-state index in [2.05, 4.69) is 16.4 Å². The van der Waals surface area contributed by atoms with Crippen molar-refractivity contribution in [2.75, 3.05) is 7.11 Å². The number of nitrogens with zero attached hydrogens (tertiary/aromatic N) is 1. The van der Waals surface area contributed by atoms with Crippen LogP contribution < -0.4 is 14.8 Å². The number of ether oxygens (including phenoxy) is 2. The molecular weight excluding hydrogens is 480 g/mol. The van der Waals surface area contributed by atoms with Gasteiger partial charge in [0, 0.05) is 10.6 Å². The normalized spacial score (nSPS) is 15.5. The van der Waals surface area contributed by atoms with Gasteiger partial charge < -0.3 is 14.8 Å². The molecule has 0 spiro atoms. The molecule has 7 heteroatoms. The number of hydrogen-bond donors (Lipinski definition) is 1. The number of aliphatic imine (C=N–C) groups is 1.